The van der Waals surface area contributed by atoms with Gasteiger partial charge in [-0.15, -0.1) is 0 Å². The first-order valence-corrected chi connectivity index (χ1v) is 21.1. The van der Waals surface area contributed by atoms with Gasteiger partial charge in [0.05, 0.1) is 0 Å². The van der Waals surface area contributed by atoms with E-state index in [-0.39, 0.29) is 0 Å². The molecule has 1 rings (SSSR count). The van der Waals surface area contributed by atoms with Crippen LogP contribution in [-0.4, -0.2) is 48.9 Å². The molecule has 0 aromatic carbocycles. The molecule has 1 aliphatic rings. The molecule has 0 unspecified atom stereocenters. The standard InChI is InChI=1S/C12H20Se4/c1-2-4-6-8-10-12-14-16-15-13-11-9-7-5-3-1/h5,7,9,11H,1-4,6,8,10,12H2. The zero-order valence-electron chi connectivity index (χ0n) is 9.60. The second kappa shape index (κ2) is 13.0. The second-order valence-corrected chi connectivity index (χ2v) is 29.7. The minimum absolute atomic E-state index is 0.857. The molecular formula is C12H20Se4. The summed E-state index contributed by atoms with van der Waals surface area (Å²) in [5, 5.41) is 1.58. The Morgan fingerprint density at radius 3 is 2.50 bits per heavy atom. The predicted octanol–water partition coefficient (Wildman–Crippen LogP) is 2.78. The monoisotopic (exact) mass is 484 g/mol. The molecule has 0 fully saturated rings. The van der Waals surface area contributed by atoms with Crippen LogP contribution in [0.3, 0.4) is 0 Å². The molecule has 0 aliphatic carbocycles. The van der Waals surface area contributed by atoms with Gasteiger partial charge >= 0.3 is 122 Å². The summed E-state index contributed by atoms with van der Waals surface area (Å²) in [6, 6.07) is 0. The average Bonchev–Trinajstić information content (AvgIpc) is 2.29. The number of hydrogen-bond acceptors (Lipinski definition) is 0. The van der Waals surface area contributed by atoms with Crippen LogP contribution >= 0.6 is 0 Å². The van der Waals surface area contributed by atoms with Crippen LogP contribution in [0.15, 0.2) is 23.2 Å². The summed E-state index contributed by atoms with van der Waals surface area (Å²) < 4.78 is 0. The maximum atomic E-state index is 2.44. The molecule has 1 heterocycles. The molecule has 0 spiro atoms. The van der Waals surface area contributed by atoms with Gasteiger partial charge in [-0.1, -0.05) is 0 Å². The van der Waals surface area contributed by atoms with Crippen molar-refractivity contribution >= 4 is 48.9 Å². The first-order valence-electron chi connectivity index (χ1n) is 5.93. The summed E-state index contributed by atoms with van der Waals surface area (Å²) >= 11 is 3.97. The molecule has 92 valence electrons. The van der Waals surface area contributed by atoms with Crippen LogP contribution in [0, 0.1) is 0 Å². The topological polar surface area (TPSA) is 0 Å². The summed E-state index contributed by atoms with van der Waals surface area (Å²) in [6.07, 6.45) is 17.0. The van der Waals surface area contributed by atoms with Gasteiger partial charge in [0.15, 0.2) is 0 Å². The first-order chi connectivity index (χ1) is 8.00. The van der Waals surface area contributed by atoms with Crippen molar-refractivity contribution in [2.24, 2.45) is 0 Å². The van der Waals surface area contributed by atoms with E-state index in [1.807, 2.05) is 0 Å². The van der Waals surface area contributed by atoms with E-state index in [0.717, 1.165) is 48.9 Å². The molecule has 1 aliphatic heterocycles. The van der Waals surface area contributed by atoms with Crippen LogP contribution in [-0.2, 0) is 0 Å². The van der Waals surface area contributed by atoms with Gasteiger partial charge in [0.1, 0.15) is 0 Å². The third-order valence-corrected chi connectivity index (χ3v) is 39.3. The Balaban J connectivity index is 2.15. The molecule has 0 bridgehead atoms. The van der Waals surface area contributed by atoms with E-state index < -0.39 is 0 Å². The Morgan fingerprint density at radius 1 is 0.750 bits per heavy atom. The van der Waals surface area contributed by atoms with Crippen molar-refractivity contribution in [3.05, 3.63) is 23.2 Å². The Kier molecular flexibility index (Phi) is 12.7. The van der Waals surface area contributed by atoms with Crippen LogP contribution in [0.25, 0.3) is 0 Å². The van der Waals surface area contributed by atoms with Gasteiger partial charge in [0.25, 0.3) is 0 Å². The Bertz CT molecular complexity index is 179. The third kappa shape index (κ3) is 10.7. The van der Waals surface area contributed by atoms with Crippen molar-refractivity contribution in [3.63, 3.8) is 0 Å². The second-order valence-electron chi connectivity index (χ2n) is 3.72. The number of rotatable bonds is 0. The van der Waals surface area contributed by atoms with Crippen molar-refractivity contribution in [2.75, 3.05) is 0 Å². The summed E-state index contributed by atoms with van der Waals surface area (Å²) in [5.74, 6) is 0. The molecule has 0 atom stereocenters. The van der Waals surface area contributed by atoms with Crippen LogP contribution < -0.4 is 0 Å². The zero-order chi connectivity index (χ0) is 11.3. The van der Waals surface area contributed by atoms with Gasteiger partial charge in [0, 0.05) is 0 Å². The SMILES string of the molecule is C1=CCCCCCCCC[Se][Se][Se][Se]C=C1. The molecule has 0 aromatic heterocycles. The molecule has 0 radical (unpaired) electrons. The van der Waals surface area contributed by atoms with Crippen LogP contribution in [0.2, 0.25) is 5.32 Å². The van der Waals surface area contributed by atoms with Crippen molar-refractivity contribution < 1.29 is 0 Å². The van der Waals surface area contributed by atoms with Crippen molar-refractivity contribution in [2.45, 2.75) is 50.3 Å². The number of hydrogen-bond donors (Lipinski definition) is 0. The average molecular weight is 480 g/mol. The maximum absolute atomic E-state index is 2.44. The molecule has 0 saturated carbocycles. The molecule has 4 heteroatoms. The van der Waals surface area contributed by atoms with Gasteiger partial charge in [-0.05, 0) is 0 Å². The van der Waals surface area contributed by atoms with Crippen molar-refractivity contribution in [1.29, 1.82) is 0 Å². The minimum atomic E-state index is 0.857. The number of allylic oxidation sites excluding steroid dienone is 3. The zero-order valence-corrected chi connectivity index (χ0v) is 16.5. The fourth-order valence-electron chi connectivity index (χ4n) is 1.47. The van der Waals surface area contributed by atoms with E-state index >= 15 is 0 Å². The van der Waals surface area contributed by atoms with Crippen molar-refractivity contribution in [3.8, 4) is 0 Å². The molecule has 0 nitrogen and oxygen atoms in total. The molecular weight excluding hydrogens is 460 g/mol. The summed E-state index contributed by atoms with van der Waals surface area (Å²) in [4.78, 5) is 2.44. The van der Waals surface area contributed by atoms with E-state index in [1.165, 1.54) is 44.9 Å². The normalized spacial score (nSPS) is 22.0. The summed E-state index contributed by atoms with van der Waals surface area (Å²) in [7, 11) is 0. The molecule has 0 N–H and O–H groups in total. The van der Waals surface area contributed by atoms with E-state index in [0.29, 0.717) is 0 Å². The van der Waals surface area contributed by atoms with Crippen LogP contribution in [0.4, 0.5) is 0 Å². The Morgan fingerprint density at radius 2 is 1.56 bits per heavy atom. The Hall–Kier alpha value is 1.56. The fraction of sp³-hybridized carbons (Fsp3) is 0.667. The fourth-order valence-corrected chi connectivity index (χ4v) is 38.3. The van der Waals surface area contributed by atoms with Crippen molar-refractivity contribution in [1.82, 2.24) is 0 Å². The molecule has 0 saturated heterocycles. The first kappa shape index (κ1) is 15.6. The van der Waals surface area contributed by atoms with E-state index in [2.05, 4.69) is 23.2 Å². The molecule has 0 aromatic rings. The van der Waals surface area contributed by atoms with E-state index in [1.54, 1.807) is 5.32 Å². The van der Waals surface area contributed by atoms with Crippen LogP contribution in [0.1, 0.15) is 44.9 Å². The molecule has 16 heavy (non-hydrogen) atoms. The Labute approximate surface area is 121 Å². The van der Waals surface area contributed by atoms with Gasteiger partial charge in [0.2, 0.25) is 0 Å². The van der Waals surface area contributed by atoms with Gasteiger partial charge in [-0.3, -0.25) is 0 Å². The van der Waals surface area contributed by atoms with Gasteiger partial charge in [-0.25, -0.2) is 0 Å². The van der Waals surface area contributed by atoms with E-state index in [4.69, 9.17) is 0 Å². The van der Waals surface area contributed by atoms with E-state index in [9.17, 15) is 0 Å². The quantitative estimate of drug-likeness (QED) is 0.469. The van der Waals surface area contributed by atoms with Gasteiger partial charge in [-0.2, -0.15) is 0 Å². The summed E-state index contributed by atoms with van der Waals surface area (Å²) in [6.45, 7) is 0. The molecule has 0 amide bonds. The third-order valence-electron chi connectivity index (χ3n) is 2.34. The predicted molar refractivity (Wildman–Crippen MR) is 78.4 cm³/mol. The van der Waals surface area contributed by atoms with Gasteiger partial charge < -0.3 is 0 Å². The van der Waals surface area contributed by atoms with Crippen LogP contribution in [0.5, 0.6) is 0 Å². The summed E-state index contributed by atoms with van der Waals surface area (Å²) in [5.41, 5.74) is 0.